The lowest BCUT2D eigenvalue weighted by Gasteiger charge is -2.36. The summed E-state index contributed by atoms with van der Waals surface area (Å²) in [6.07, 6.45) is 0. The molecule has 0 bridgehead atoms. The van der Waals surface area contributed by atoms with Gasteiger partial charge in [0.05, 0.1) is 22.3 Å². The lowest BCUT2D eigenvalue weighted by atomic mass is 10.2. The van der Waals surface area contributed by atoms with E-state index in [2.05, 4.69) is 9.80 Å². The molecule has 0 unspecified atom stereocenters. The van der Waals surface area contributed by atoms with Gasteiger partial charge in [-0.05, 0) is 29.8 Å². The standard InChI is InChI=1S/C20H23Cl2N3O2/c1-23(13-15-6-7-16(21)17(22)12-15)20(27)14-24-8-10-25(11-9-24)18-4-2-3-5-19(18)26/h2-7,12,26H,8-11,13-14H2,1H3. The maximum absolute atomic E-state index is 12.5. The van der Waals surface area contributed by atoms with E-state index in [1.807, 2.05) is 24.3 Å². The van der Waals surface area contributed by atoms with Gasteiger partial charge in [-0.15, -0.1) is 0 Å². The first-order chi connectivity index (χ1) is 12.9. The smallest absolute Gasteiger partial charge is 0.236 e. The number of halogens is 2. The van der Waals surface area contributed by atoms with Crippen LogP contribution in [0.1, 0.15) is 5.56 Å². The van der Waals surface area contributed by atoms with Crippen molar-refractivity contribution in [3.63, 3.8) is 0 Å². The highest BCUT2D eigenvalue weighted by atomic mass is 35.5. The van der Waals surface area contributed by atoms with Crippen molar-refractivity contribution >= 4 is 34.8 Å². The van der Waals surface area contributed by atoms with E-state index in [0.717, 1.165) is 37.4 Å². The number of benzene rings is 2. The van der Waals surface area contributed by atoms with E-state index in [0.29, 0.717) is 28.9 Å². The zero-order valence-corrected chi connectivity index (χ0v) is 16.7. The molecule has 0 radical (unpaired) electrons. The monoisotopic (exact) mass is 407 g/mol. The molecule has 7 heteroatoms. The fourth-order valence-electron chi connectivity index (χ4n) is 3.19. The van der Waals surface area contributed by atoms with Gasteiger partial charge in [0, 0.05) is 39.8 Å². The normalized spacial score (nSPS) is 15.0. The van der Waals surface area contributed by atoms with Crippen molar-refractivity contribution in [2.45, 2.75) is 6.54 Å². The maximum Gasteiger partial charge on any atom is 0.236 e. The van der Waals surface area contributed by atoms with Crippen LogP contribution in [0, 0.1) is 0 Å². The molecule has 2 aromatic rings. The van der Waals surface area contributed by atoms with Crippen LogP contribution >= 0.6 is 23.2 Å². The van der Waals surface area contributed by atoms with Gasteiger partial charge in [-0.3, -0.25) is 9.69 Å². The quantitative estimate of drug-likeness (QED) is 0.823. The SMILES string of the molecule is CN(Cc1ccc(Cl)c(Cl)c1)C(=O)CN1CCN(c2ccccc2O)CC1. The van der Waals surface area contributed by atoms with Crippen molar-refractivity contribution in [2.75, 3.05) is 44.7 Å². The molecule has 1 aliphatic heterocycles. The number of rotatable bonds is 5. The third-order valence-electron chi connectivity index (χ3n) is 4.78. The molecule has 0 spiro atoms. The summed E-state index contributed by atoms with van der Waals surface area (Å²) in [4.78, 5) is 18.5. The van der Waals surface area contributed by atoms with Crippen LogP contribution in [0.2, 0.25) is 10.0 Å². The second-order valence-corrected chi connectivity index (χ2v) is 7.56. The molecule has 0 aliphatic carbocycles. The summed E-state index contributed by atoms with van der Waals surface area (Å²) in [7, 11) is 1.79. The highest BCUT2D eigenvalue weighted by Gasteiger charge is 2.22. The number of anilines is 1. The second kappa shape index (κ2) is 8.83. The molecule has 1 saturated heterocycles. The predicted molar refractivity (Wildman–Crippen MR) is 110 cm³/mol. The summed E-state index contributed by atoms with van der Waals surface area (Å²) in [5, 5.41) is 11.0. The van der Waals surface area contributed by atoms with Gasteiger partial charge in [-0.25, -0.2) is 0 Å². The molecule has 1 N–H and O–H groups in total. The van der Waals surface area contributed by atoms with E-state index in [9.17, 15) is 9.90 Å². The Balaban J connectivity index is 1.50. The number of nitrogens with zero attached hydrogens (tertiary/aromatic N) is 3. The fourth-order valence-corrected chi connectivity index (χ4v) is 3.51. The lowest BCUT2D eigenvalue weighted by molar-refractivity contribution is -0.131. The Hall–Kier alpha value is -1.95. The summed E-state index contributed by atoms with van der Waals surface area (Å²) in [5.41, 5.74) is 1.80. The Bertz CT molecular complexity index is 808. The third kappa shape index (κ3) is 5.06. The summed E-state index contributed by atoms with van der Waals surface area (Å²) >= 11 is 12.0. The fraction of sp³-hybridized carbons (Fsp3) is 0.350. The Labute approximate surface area is 169 Å². The van der Waals surface area contributed by atoms with E-state index in [-0.39, 0.29) is 5.91 Å². The number of carbonyl (C=O) groups excluding carboxylic acids is 1. The molecule has 27 heavy (non-hydrogen) atoms. The van der Waals surface area contributed by atoms with Gasteiger partial charge in [-0.2, -0.15) is 0 Å². The molecule has 3 rings (SSSR count). The summed E-state index contributed by atoms with van der Waals surface area (Å²) in [6, 6.07) is 12.8. The zero-order chi connectivity index (χ0) is 19.4. The van der Waals surface area contributed by atoms with Crippen LogP contribution in [0.5, 0.6) is 5.75 Å². The molecule has 1 amide bonds. The van der Waals surface area contributed by atoms with Gasteiger partial charge >= 0.3 is 0 Å². The van der Waals surface area contributed by atoms with E-state index < -0.39 is 0 Å². The zero-order valence-electron chi connectivity index (χ0n) is 15.2. The van der Waals surface area contributed by atoms with E-state index in [4.69, 9.17) is 23.2 Å². The number of phenolic OH excluding ortho intramolecular Hbond substituents is 1. The van der Waals surface area contributed by atoms with Gasteiger partial charge in [0.2, 0.25) is 5.91 Å². The van der Waals surface area contributed by atoms with E-state index >= 15 is 0 Å². The minimum absolute atomic E-state index is 0.0667. The number of hydrogen-bond acceptors (Lipinski definition) is 4. The van der Waals surface area contributed by atoms with Crippen molar-refractivity contribution in [1.29, 1.82) is 0 Å². The number of hydrogen-bond donors (Lipinski definition) is 1. The largest absolute Gasteiger partial charge is 0.506 e. The second-order valence-electron chi connectivity index (χ2n) is 6.75. The molecule has 144 valence electrons. The van der Waals surface area contributed by atoms with E-state index in [1.165, 1.54) is 0 Å². The molecular formula is C20H23Cl2N3O2. The number of carbonyl (C=O) groups is 1. The van der Waals surface area contributed by atoms with Crippen LogP contribution in [0.4, 0.5) is 5.69 Å². The maximum atomic E-state index is 12.5. The first-order valence-electron chi connectivity index (χ1n) is 8.87. The van der Waals surface area contributed by atoms with Gasteiger partial charge in [0.25, 0.3) is 0 Å². The average molecular weight is 408 g/mol. The number of aromatic hydroxyl groups is 1. The Kier molecular flexibility index (Phi) is 6.47. The van der Waals surface area contributed by atoms with Crippen molar-refractivity contribution in [2.24, 2.45) is 0 Å². The number of para-hydroxylation sites is 2. The van der Waals surface area contributed by atoms with Crippen LogP contribution in [0.15, 0.2) is 42.5 Å². The van der Waals surface area contributed by atoms with Gasteiger partial charge in [-0.1, -0.05) is 41.4 Å². The molecule has 2 aromatic carbocycles. The average Bonchev–Trinajstić information content (AvgIpc) is 2.66. The molecule has 5 nitrogen and oxygen atoms in total. The molecule has 1 heterocycles. The van der Waals surface area contributed by atoms with Crippen molar-refractivity contribution in [1.82, 2.24) is 9.80 Å². The molecule has 0 aromatic heterocycles. The molecule has 0 atom stereocenters. The Morgan fingerprint density at radius 1 is 1.07 bits per heavy atom. The van der Waals surface area contributed by atoms with Gasteiger partial charge < -0.3 is 14.9 Å². The van der Waals surface area contributed by atoms with Crippen LogP contribution in [-0.4, -0.2) is 60.6 Å². The van der Waals surface area contributed by atoms with Gasteiger partial charge in [0.15, 0.2) is 0 Å². The minimum atomic E-state index is 0.0667. The number of phenols is 1. The Morgan fingerprint density at radius 2 is 1.78 bits per heavy atom. The lowest BCUT2D eigenvalue weighted by Crippen LogP contribution is -2.49. The number of amides is 1. The highest BCUT2D eigenvalue weighted by molar-refractivity contribution is 6.42. The molecule has 1 aliphatic rings. The minimum Gasteiger partial charge on any atom is -0.506 e. The first-order valence-corrected chi connectivity index (χ1v) is 9.63. The number of likely N-dealkylation sites (N-methyl/N-ethyl adjacent to an activating group) is 1. The Morgan fingerprint density at radius 3 is 2.44 bits per heavy atom. The van der Waals surface area contributed by atoms with Gasteiger partial charge in [0.1, 0.15) is 5.75 Å². The first kappa shape index (κ1) is 19.8. The summed E-state index contributed by atoms with van der Waals surface area (Å²) < 4.78 is 0. The van der Waals surface area contributed by atoms with Crippen molar-refractivity contribution in [3.8, 4) is 5.75 Å². The number of piperazine rings is 1. The van der Waals surface area contributed by atoms with Crippen LogP contribution in [0.25, 0.3) is 0 Å². The van der Waals surface area contributed by atoms with Crippen molar-refractivity contribution in [3.05, 3.63) is 58.1 Å². The third-order valence-corrected chi connectivity index (χ3v) is 5.52. The predicted octanol–water partition coefficient (Wildman–Crippen LogP) is 3.48. The highest BCUT2D eigenvalue weighted by Crippen LogP contribution is 2.27. The molecule has 1 fully saturated rings. The molecule has 0 saturated carbocycles. The summed E-state index contributed by atoms with van der Waals surface area (Å²) in [6.45, 7) is 3.99. The van der Waals surface area contributed by atoms with Crippen molar-refractivity contribution < 1.29 is 9.90 Å². The summed E-state index contributed by atoms with van der Waals surface area (Å²) in [5.74, 6) is 0.362. The topological polar surface area (TPSA) is 47.0 Å². The van der Waals surface area contributed by atoms with E-state index in [1.54, 1.807) is 30.1 Å². The van der Waals surface area contributed by atoms with Crippen LogP contribution in [-0.2, 0) is 11.3 Å². The molecular weight excluding hydrogens is 385 g/mol. The van der Waals surface area contributed by atoms with Crippen LogP contribution < -0.4 is 4.90 Å². The van der Waals surface area contributed by atoms with Crippen LogP contribution in [0.3, 0.4) is 0 Å².